The first-order chi connectivity index (χ1) is 8.17. The topological polar surface area (TPSA) is 3.24 Å². The molecule has 2 heteroatoms. The Hall–Kier alpha value is -0.860. The summed E-state index contributed by atoms with van der Waals surface area (Å²) in [5.41, 5.74) is 1.36. The molecule has 1 nitrogen and oxygen atoms in total. The fraction of sp³-hybridized carbons (Fsp3) is 0.333. The van der Waals surface area contributed by atoms with Crippen LogP contribution in [0.2, 0.25) is 0 Å². The van der Waals surface area contributed by atoms with Crippen LogP contribution < -0.4 is 0 Å². The average Bonchev–Trinajstić information content (AvgIpc) is 2.32. The number of nitrogens with zero attached hydrogens (tertiary/aromatic N) is 1. The van der Waals surface area contributed by atoms with Crippen molar-refractivity contribution in [2.24, 2.45) is 0 Å². The van der Waals surface area contributed by atoms with Crippen LogP contribution in [-0.4, -0.2) is 24.0 Å². The molecule has 1 unspecified atom stereocenters. The van der Waals surface area contributed by atoms with E-state index in [-0.39, 0.29) is 0 Å². The van der Waals surface area contributed by atoms with Crippen molar-refractivity contribution in [1.82, 2.24) is 4.90 Å². The number of hydrogen-bond acceptors (Lipinski definition) is 1. The third-order valence-electron chi connectivity index (χ3n) is 2.79. The first-order valence-electron chi connectivity index (χ1n) is 5.87. The molecule has 1 aromatic carbocycles. The standard InChI is InChI=1S/C15H20BrN/c1-4-10-17(11-5-2)13(3)12-14-6-8-15(16)9-7-14/h4-9,13H,1-2,10-12H2,3H3. The maximum Gasteiger partial charge on any atom is 0.0175 e. The second kappa shape index (κ2) is 7.46. The number of rotatable bonds is 7. The molecule has 1 aromatic rings. The van der Waals surface area contributed by atoms with Crippen molar-refractivity contribution in [2.45, 2.75) is 19.4 Å². The van der Waals surface area contributed by atoms with E-state index in [2.05, 4.69) is 65.2 Å². The van der Waals surface area contributed by atoms with Gasteiger partial charge in [-0.1, -0.05) is 40.2 Å². The normalized spacial score (nSPS) is 12.4. The Labute approximate surface area is 113 Å². The highest BCUT2D eigenvalue weighted by Crippen LogP contribution is 2.13. The molecule has 0 aromatic heterocycles. The van der Waals surface area contributed by atoms with Crippen LogP contribution >= 0.6 is 15.9 Å². The van der Waals surface area contributed by atoms with Gasteiger partial charge >= 0.3 is 0 Å². The maximum absolute atomic E-state index is 3.80. The molecule has 17 heavy (non-hydrogen) atoms. The van der Waals surface area contributed by atoms with Crippen molar-refractivity contribution in [1.29, 1.82) is 0 Å². The van der Waals surface area contributed by atoms with Gasteiger partial charge in [0.25, 0.3) is 0 Å². The van der Waals surface area contributed by atoms with Gasteiger partial charge in [-0.15, -0.1) is 13.2 Å². The van der Waals surface area contributed by atoms with Gasteiger partial charge in [0.15, 0.2) is 0 Å². The Morgan fingerprint density at radius 2 is 1.71 bits per heavy atom. The van der Waals surface area contributed by atoms with Crippen LogP contribution in [0.3, 0.4) is 0 Å². The summed E-state index contributed by atoms with van der Waals surface area (Å²) in [6.07, 6.45) is 4.94. The number of hydrogen-bond donors (Lipinski definition) is 0. The summed E-state index contributed by atoms with van der Waals surface area (Å²) in [6.45, 7) is 11.7. The van der Waals surface area contributed by atoms with Gasteiger partial charge in [-0.05, 0) is 31.0 Å². The fourth-order valence-corrected chi connectivity index (χ4v) is 2.12. The van der Waals surface area contributed by atoms with Crippen LogP contribution in [0.15, 0.2) is 54.0 Å². The second-order valence-electron chi connectivity index (χ2n) is 4.21. The Bertz CT molecular complexity index is 346. The van der Waals surface area contributed by atoms with E-state index < -0.39 is 0 Å². The molecule has 0 saturated heterocycles. The lowest BCUT2D eigenvalue weighted by Crippen LogP contribution is -2.34. The van der Waals surface area contributed by atoms with Gasteiger partial charge in [0.1, 0.15) is 0 Å². The van der Waals surface area contributed by atoms with Gasteiger partial charge in [0, 0.05) is 23.6 Å². The summed E-state index contributed by atoms with van der Waals surface area (Å²) in [7, 11) is 0. The van der Waals surface area contributed by atoms with Crippen LogP contribution in [0.1, 0.15) is 12.5 Å². The zero-order valence-corrected chi connectivity index (χ0v) is 12.0. The van der Waals surface area contributed by atoms with Crippen molar-refractivity contribution in [2.75, 3.05) is 13.1 Å². The van der Waals surface area contributed by atoms with E-state index in [9.17, 15) is 0 Å². The first kappa shape index (κ1) is 14.2. The average molecular weight is 294 g/mol. The van der Waals surface area contributed by atoms with Crippen molar-refractivity contribution < 1.29 is 0 Å². The molecular formula is C15H20BrN. The smallest absolute Gasteiger partial charge is 0.0175 e. The van der Waals surface area contributed by atoms with E-state index in [1.807, 2.05) is 12.2 Å². The first-order valence-corrected chi connectivity index (χ1v) is 6.67. The van der Waals surface area contributed by atoms with Crippen molar-refractivity contribution in [3.8, 4) is 0 Å². The summed E-state index contributed by atoms with van der Waals surface area (Å²) in [6, 6.07) is 9.01. The van der Waals surface area contributed by atoms with Crippen molar-refractivity contribution >= 4 is 15.9 Å². The molecule has 0 spiro atoms. The molecule has 0 amide bonds. The highest BCUT2D eigenvalue weighted by Gasteiger charge is 2.11. The minimum absolute atomic E-state index is 0.493. The molecule has 0 aliphatic carbocycles. The van der Waals surface area contributed by atoms with Crippen LogP contribution in [-0.2, 0) is 6.42 Å². The van der Waals surface area contributed by atoms with Crippen LogP contribution in [0.4, 0.5) is 0 Å². The molecule has 0 heterocycles. The summed E-state index contributed by atoms with van der Waals surface area (Å²) in [5.74, 6) is 0. The zero-order valence-electron chi connectivity index (χ0n) is 10.4. The number of halogens is 1. The molecule has 0 fully saturated rings. The molecule has 0 saturated carbocycles. The highest BCUT2D eigenvalue weighted by molar-refractivity contribution is 9.10. The molecule has 1 atom stereocenters. The van der Waals surface area contributed by atoms with Crippen LogP contribution in [0.5, 0.6) is 0 Å². The molecule has 0 radical (unpaired) electrons. The van der Waals surface area contributed by atoms with Gasteiger partial charge in [0.05, 0.1) is 0 Å². The highest BCUT2D eigenvalue weighted by atomic mass is 79.9. The SMILES string of the molecule is C=CCN(CC=C)C(C)Cc1ccc(Br)cc1. The quantitative estimate of drug-likeness (QED) is 0.686. The summed E-state index contributed by atoms with van der Waals surface area (Å²) in [5, 5.41) is 0. The molecular weight excluding hydrogens is 274 g/mol. The van der Waals surface area contributed by atoms with E-state index in [4.69, 9.17) is 0 Å². The van der Waals surface area contributed by atoms with Gasteiger partial charge in [-0.25, -0.2) is 0 Å². The zero-order chi connectivity index (χ0) is 12.7. The van der Waals surface area contributed by atoms with E-state index >= 15 is 0 Å². The predicted octanol–water partition coefficient (Wildman–Crippen LogP) is 4.05. The minimum Gasteiger partial charge on any atom is -0.293 e. The molecule has 0 aliphatic heterocycles. The second-order valence-corrected chi connectivity index (χ2v) is 5.13. The van der Waals surface area contributed by atoms with Crippen molar-refractivity contribution in [3.63, 3.8) is 0 Å². The van der Waals surface area contributed by atoms with E-state index in [0.29, 0.717) is 6.04 Å². The van der Waals surface area contributed by atoms with Gasteiger partial charge in [0.2, 0.25) is 0 Å². The molecule has 1 rings (SSSR count). The summed E-state index contributed by atoms with van der Waals surface area (Å²) >= 11 is 3.45. The fourth-order valence-electron chi connectivity index (χ4n) is 1.86. The lowest BCUT2D eigenvalue weighted by Gasteiger charge is -2.26. The van der Waals surface area contributed by atoms with E-state index in [1.165, 1.54) is 5.56 Å². The van der Waals surface area contributed by atoms with E-state index in [1.54, 1.807) is 0 Å². The largest absolute Gasteiger partial charge is 0.293 e. The maximum atomic E-state index is 3.80. The Morgan fingerprint density at radius 3 is 2.18 bits per heavy atom. The lowest BCUT2D eigenvalue weighted by molar-refractivity contribution is 0.255. The monoisotopic (exact) mass is 293 g/mol. The summed E-state index contributed by atoms with van der Waals surface area (Å²) in [4.78, 5) is 2.36. The molecule has 92 valence electrons. The number of benzene rings is 1. The third kappa shape index (κ3) is 4.88. The molecule has 0 aliphatic rings. The Kier molecular flexibility index (Phi) is 6.23. The van der Waals surface area contributed by atoms with Gasteiger partial charge in [-0.3, -0.25) is 4.90 Å². The van der Waals surface area contributed by atoms with Gasteiger partial charge in [-0.2, -0.15) is 0 Å². The molecule has 0 N–H and O–H groups in total. The van der Waals surface area contributed by atoms with E-state index in [0.717, 1.165) is 24.0 Å². The Morgan fingerprint density at radius 1 is 1.18 bits per heavy atom. The lowest BCUT2D eigenvalue weighted by atomic mass is 10.1. The third-order valence-corrected chi connectivity index (χ3v) is 3.32. The minimum atomic E-state index is 0.493. The van der Waals surface area contributed by atoms with Crippen LogP contribution in [0.25, 0.3) is 0 Å². The van der Waals surface area contributed by atoms with Crippen molar-refractivity contribution in [3.05, 3.63) is 59.6 Å². The van der Waals surface area contributed by atoms with Gasteiger partial charge < -0.3 is 0 Å². The summed E-state index contributed by atoms with van der Waals surface area (Å²) < 4.78 is 1.13. The Balaban J connectivity index is 2.61. The molecule has 0 bridgehead atoms. The van der Waals surface area contributed by atoms with Crippen LogP contribution in [0, 0.1) is 0 Å². The predicted molar refractivity (Wildman–Crippen MR) is 79.3 cm³/mol.